The highest BCUT2D eigenvalue weighted by Gasteiger charge is 2.22. The van der Waals surface area contributed by atoms with Crippen LogP contribution in [0.4, 0.5) is 14.5 Å². The van der Waals surface area contributed by atoms with Crippen LogP contribution >= 0.6 is 0 Å². The smallest absolute Gasteiger partial charge is 0.254 e. The molecule has 0 aromatic heterocycles. The molecule has 1 amide bonds. The van der Waals surface area contributed by atoms with Crippen molar-refractivity contribution in [1.29, 1.82) is 0 Å². The Morgan fingerprint density at radius 1 is 1.33 bits per heavy atom. The van der Waals surface area contributed by atoms with E-state index in [1.54, 1.807) is 0 Å². The van der Waals surface area contributed by atoms with Gasteiger partial charge in [0.25, 0.3) is 5.91 Å². The summed E-state index contributed by atoms with van der Waals surface area (Å²) in [6, 6.07) is 1.72. The van der Waals surface area contributed by atoms with E-state index in [1.165, 1.54) is 0 Å². The van der Waals surface area contributed by atoms with Gasteiger partial charge in [0.15, 0.2) is 0 Å². The summed E-state index contributed by atoms with van der Waals surface area (Å²) in [7, 11) is 0. The number of nitrogens with zero attached hydrogens (tertiary/aromatic N) is 1. The predicted octanol–water partition coefficient (Wildman–Crippen LogP) is 2.15. The van der Waals surface area contributed by atoms with Crippen molar-refractivity contribution >= 4 is 11.6 Å². The van der Waals surface area contributed by atoms with Crippen LogP contribution in [0.5, 0.6) is 0 Å². The number of nitrogen functional groups attached to an aromatic ring is 1. The van der Waals surface area contributed by atoms with E-state index < -0.39 is 17.5 Å². The van der Waals surface area contributed by atoms with Crippen LogP contribution in [0.1, 0.15) is 36.5 Å². The number of piperidine rings is 1. The van der Waals surface area contributed by atoms with E-state index >= 15 is 0 Å². The number of benzene rings is 1. The standard InChI is InChI=1S/C15H21F2N3O/c1-2-5-20-6-3-10(4-7-20)19-15(21)11-8-14(18)13(17)9-12(11)16/h8-10H,2-7,18H2,1H3,(H,19,21). The van der Waals surface area contributed by atoms with E-state index in [0.29, 0.717) is 6.07 Å². The molecule has 1 aliphatic heterocycles. The molecule has 0 atom stereocenters. The van der Waals surface area contributed by atoms with E-state index in [2.05, 4.69) is 17.1 Å². The zero-order chi connectivity index (χ0) is 15.4. The maximum atomic E-state index is 13.6. The molecule has 1 aromatic rings. The molecule has 0 bridgehead atoms. The lowest BCUT2D eigenvalue weighted by Crippen LogP contribution is -2.45. The highest BCUT2D eigenvalue weighted by molar-refractivity contribution is 5.95. The first-order chi connectivity index (χ1) is 10.0. The van der Waals surface area contributed by atoms with Crippen LogP contribution in [0.3, 0.4) is 0 Å². The lowest BCUT2D eigenvalue weighted by atomic mass is 10.0. The van der Waals surface area contributed by atoms with Crippen molar-refractivity contribution in [3.8, 4) is 0 Å². The van der Waals surface area contributed by atoms with Crippen LogP contribution in [0.25, 0.3) is 0 Å². The number of rotatable bonds is 4. The van der Waals surface area contributed by atoms with Crippen LogP contribution in [0, 0.1) is 11.6 Å². The Hall–Kier alpha value is -1.69. The number of carbonyl (C=O) groups excluding carboxylic acids is 1. The van der Waals surface area contributed by atoms with E-state index in [0.717, 1.165) is 45.0 Å². The van der Waals surface area contributed by atoms with Crippen molar-refractivity contribution in [1.82, 2.24) is 10.2 Å². The topological polar surface area (TPSA) is 58.4 Å². The normalized spacial score (nSPS) is 16.9. The van der Waals surface area contributed by atoms with Gasteiger partial charge in [-0.25, -0.2) is 8.78 Å². The molecule has 21 heavy (non-hydrogen) atoms. The van der Waals surface area contributed by atoms with Crippen molar-refractivity contribution in [2.45, 2.75) is 32.2 Å². The first-order valence-corrected chi connectivity index (χ1v) is 7.29. The number of anilines is 1. The summed E-state index contributed by atoms with van der Waals surface area (Å²) in [6.07, 6.45) is 2.78. The van der Waals surface area contributed by atoms with Gasteiger partial charge < -0.3 is 16.0 Å². The van der Waals surface area contributed by atoms with Gasteiger partial charge in [-0.05, 0) is 31.9 Å². The van der Waals surface area contributed by atoms with E-state index in [1.807, 2.05) is 0 Å². The number of halogens is 2. The second-order valence-corrected chi connectivity index (χ2v) is 5.44. The number of carbonyl (C=O) groups is 1. The van der Waals surface area contributed by atoms with Gasteiger partial charge in [-0.2, -0.15) is 0 Å². The molecule has 1 saturated heterocycles. The van der Waals surface area contributed by atoms with Gasteiger partial charge in [0.2, 0.25) is 0 Å². The Morgan fingerprint density at radius 3 is 2.62 bits per heavy atom. The average molecular weight is 297 g/mol. The average Bonchev–Trinajstić information content (AvgIpc) is 2.45. The summed E-state index contributed by atoms with van der Waals surface area (Å²) in [5.74, 6) is -2.27. The fraction of sp³-hybridized carbons (Fsp3) is 0.533. The van der Waals surface area contributed by atoms with Gasteiger partial charge in [0.05, 0.1) is 11.3 Å². The van der Waals surface area contributed by atoms with Gasteiger partial charge in [0.1, 0.15) is 11.6 Å². The summed E-state index contributed by atoms with van der Waals surface area (Å²) in [4.78, 5) is 14.4. The van der Waals surface area contributed by atoms with Gasteiger partial charge in [0, 0.05) is 25.2 Å². The molecule has 4 nitrogen and oxygen atoms in total. The Balaban J connectivity index is 1.95. The SMILES string of the molecule is CCCN1CCC(NC(=O)c2cc(N)c(F)cc2F)CC1. The van der Waals surface area contributed by atoms with Gasteiger partial charge in [-0.1, -0.05) is 6.92 Å². The number of hydrogen-bond acceptors (Lipinski definition) is 3. The third-order valence-electron chi connectivity index (χ3n) is 3.79. The molecule has 1 aromatic carbocycles. The Morgan fingerprint density at radius 2 is 2.00 bits per heavy atom. The third-order valence-corrected chi connectivity index (χ3v) is 3.79. The van der Waals surface area contributed by atoms with E-state index in [4.69, 9.17) is 5.73 Å². The summed E-state index contributed by atoms with van der Waals surface area (Å²) >= 11 is 0. The second kappa shape index (κ2) is 6.85. The molecule has 0 aliphatic carbocycles. The van der Waals surface area contributed by atoms with Crippen molar-refractivity contribution in [2.75, 3.05) is 25.4 Å². The monoisotopic (exact) mass is 297 g/mol. The van der Waals surface area contributed by atoms with Crippen LogP contribution < -0.4 is 11.1 Å². The van der Waals surface area contributed by atoms with Crippen LogP contribution in [-0.2, 0) is 0 Å². The highest BCUT2D eigenvalue weighted by atomic mass is 19.1. The van der Waals surface area contributed by atoms with Crippen LogP contribution in [-0.4, -0.2) is 36.5 Å². The highest BCUT2D eigenvalue weighted by Crippen LogP contribution is 2.18. The van der Waals surface area contributed by atoms with Gasteiger partial charge in [-0.3, -0.25) is 4.79 Å². The first kappa shape index (κ1) is 15.7. The largest absolute Gasteiger partial charge is 0.396 e. The molecular weight excluding hydrogens is 276 g/mol. The lowest BCUT2D eigenvalue weighted by molar-refractivity contribution is 0.0907. The minimum absolute atomic E-state index is 0.0243. The zero-order valence-electron chi connectivity index (χ0n) is 12.2. The minimum atomic E-state index is -0.886. The van der Waals surface area contributed by atoms with Crippen molar-refractivity contribution in [3.05, 3.63) is 29.3 Å². The predicted molar refractivity (Wildman–Crippen MR) is 78.0 cm³/mol. The first-order valence-electron chi connectivity index (χ1n) is 7.29. The molecule has 116 valence electrons. The molecule has 1 aliphatic rings. The summed E-state index contributed by atoms with van der Waals surface area (Å²) < 4.78 is 26.7. The molecule has 0 radical (unpaired) electrons. The van der Waals surface area contributed by atoms with E-state index in [-0.39, 0.29) is 17.3 Å². The summed E-state index contributed by atoms with van der Waals surface area (Å²) in [6.45, 7) is 5.04. The third kappa shape index (κ3) is 3.91. The number of likely N-dealkylation sites (tertiary alicyclic amines) is 1. The summed E-state index contributed by atoms with van der Waals surface area (Å²) in [5, 5.41) is 2.80. The quantitative estimate of drug-likeness (QED) is 0.837. The van der Waals surface area contributed by atoms with Crippen LogP contribution in [0.15, 0.2) is 12.1 Å². The molecule has 0 spiro atoms. The van der Waals surface area contributed by atoms with Crippen molar-refractivity contribution in [3.63, 3.8) is 0 Å². The fourth-order valence-electron chi connectivity index (χ4n) is 2.62. The number of hydrogen-bond donors (Lipinski definition) is 2. The Labute approximate surface area is 123 Å². The van der Waals surface area contributed by atoms with E-state index in [9.17, 15) is 13.6 Å². The molecule has 2 rings (SSSR count). The van der Waals surface area contributed by atoms with Gasteiger partial charge in [-0.15, -0.1) is 0 Å². The molecule has 0 unspecified atom stereocenters. The van der Waals surface area contributed by atoms with Crippen molar-refractivity contribution in [2.24, 2.45) is 0 Å². The molecular formula is C15H21F2N3O. The molecule has 3 N–H and O–H groups in total. The Kier molecular flexibility index (Phi) is 5.12. The second-order valence-electron chi connectivity index (χ2n) is 5.44. The number of amides is 1. The minimum Gasteiger partial charge on any atom is -0.396 e. The molecule has 0 saturated carbocycles. The maximum Gasteiger partial charge on any atom is 0.254 e. The van der Waals surface area contributed by atoms with Gasteiger partial charge >= 0.3 is 0 Å². The number of nitrogens with two attached hydrogens (primary N) is 1. The van der Waals surface area contributed by atoms with Crippen LogP contribution in [0.2, 0.25) is 0 Å². The Bertz CT molecular complexity index is 514. The lowest BCUT2D eigenvalue weighted by Gasteiger charge is -2.32. The maximum absolute atomic E-state index is 13.6. The summed E-state index contributed by atoms with van der Waals surface area (Å²) in [5.41, 5.74) is 4.96. The molecule has 1 heterocycles. The number of nitrogens with one attached hydrogen (secondary N) is 1. The zero-order valence-corrected chi connectivity index (χ0v) is 12.2. The molecule has 6 heteroatoms. The fourth-order valence-corrected chi connectivity index (χ4v) is 2.62. The van der Waals surface area contributed by atoms with Crippen molar-refractivity contribution < 1.29 is 13.6 Å². The molecule has 1 fully saturated rings.